The Morgan fingerprint density at radius 3 is 2.12 bits per heavy atom. The van der Waals surface area contributed by atoms with Gasteiger partial charge in [-0.3, -0.25) is 19.3 Å². The molecule has 1 fully saturated rings. The van der Waals surface area contributed by atoms with Crippen molar-refractivity contribution in [1.82, 2.24) is 15.1 Å². The molecule has 2 rings (SSSR count). The molecule has 0 aliphatic carbocycles. The lowest BCUT2D eigenvalue weighted by Gasteiger charge is -2.24. The number of hydrogen-bond donors (Lipinski definition) is 1. The summed E-state index contributed by atoms with van der Waals surface area (Å²) in [7, 11) is 1.21. The average molecular weight is 345 g/mol. The predicted octanol–water partition coefficient (Wildman–Crippen LogP) is 1.48. The van der Waals surface area contributed by atoms with Gasteiger partial charge in [-0.1, -0.05) is 45.0 Å². The maximum absolute atomic E-state index is 12.3. The summed E-state index contributed by atoms with van der Waals surface area (Å²) in [6, 6.07) is 6.93. The van der Waals surface area contributed by atoms with Crippen LogP contribution in [0.4, 0.5) is 4.79 Å². The predicted molar refractivity (Wildman–Crippen MR) is 91.4 cm³/mol. The molecule has 1 heterocycles. The summed E-state index contributed by atoms with van der Waals surface area (Å²) in [4.78, 5) is 48.8. The van der Waals surface area contributed by atoms with E-state index in [1.165, 1.54) is 12.6 Å². The highest BCUT2D eigenvalue weighted by molar-refractivity contribution is 6.44. The lowest BCUT2D eigenvalue weighted by atomic mass is 9.95. The van der Waals surface area contributed by atoms with Crippen LogP contribution in [0, 0.1) is 5.92 Å². The summed E-state index contributed by atoms with van der Waals surface area (Å²) < 4.78 is 0. The van der Waals surface area contributed by atoms with Crippen LogP contribution in [0.15, 0.2) is 24.3 Å². The molecule has 1 aromatic carbocycles. The Morgan fingerprint density at radius 2 is 1.68 bits per heavy atom. The van der Waals surface area contributed by atoms with Crippen molar-refractivity contribution in [3.05, 3.63) is 35.4 Å². The van der Waals surface area contributed by atoms with Crippen LogP contribution in [0.5, 0.6) is 0 Å². The van der Waals surface area contributed by atoms with Gasteiger partial charge in [0, 0.05) is 7.05 Å². The van der Waals surface area contributed by atoms with Crippen LogP contribution in [0.25, 0.3) is 0 Å². The van der Waals surface area contributed by atoms with Gasteiger partial charge in [0.2, 0.25) is 5.91 Å². The number of carbonyl (C=O) groups excluding carboxylic acids is 4. The highest BCUT2D eigenvalue weighted by Gasteiger charge is 2.43. The van der Waals surface area contributed by atoms with E-state index in [-0.39, 0.29) is 12.0 Å². The van der Waals surface area contributed by atoms with Gasteiger partial charge in [0.15, 0.2) is 0 Å². The van der Waals surface area contributed by atoms with E-state index in [9.17, 15) is 19.2 Å². The van der Waals surface area contributed by atoms with E-state index < -0.39 is 30.3 Å². The van der Waals surface area contributed by atoms with Gasteiger partial charge in [-0.2, -0.15) is 0 Å². The number of carbonyl (C=O) groups is 4. The number of nitrogens with one attached hydrogen (secondary N) is 1. The molecule has 0 bridgehead atoms. The van der Waals surface area contributed by atoms with Gasteiger partial charge in [-0.05, 0) is 23.5 Å². The summed E-state index contributed by atoms with van der Waals surface area (Å²) in [5.41, 5.74) is 2.15. The van der Waals surface area contributed by atoms with Crippen LogP contribution in [0.3, 0.4) is 0 Å². The Hall–Kier alpha value is -2.70. The van der Waals surface area contributed by atoms with E-state index in [0.717, 1.165) is 12.0 Å². The fourth-order valence-corrected chi connectivity index (χ4v) is 2.71. The number of hydrogen-bond acceptors (Lipinski definition) is 4. The lowest BCUT2D eigenvalue weighted by Crippen LogP contribution is -2.43. The maximum Gasteiger partial charge on any atom is 0.334 e. The van der Waals surface area contributed by atoms with Gasteiger partial charge >= 0.3 is 17.8 Å². The topological polar surface area (TPSA) is 86.8 Å². The molecule has 0 spiro atoms. The third-order valence-corrected chi connectivity index (χ3v) is 4.28. The largest absolute Gasteiger partial charge is 0.347 e. The molecule has 0 saturated carbocycles. The van der Waals surface area contributed by atoms with Gasteiger partial charge in [0.25, 0.3) is 0 Å². The molecule has 1 aliphatic heterocycles. The van der Waals surface area contributed by atoms with Crippen molar-refractivity contribution in [2.24, 2.45) is 5.92 Å². The number of amides is 5. The number of nitrogens with zero attached hydrogens (tertiary/aromatic N) is 2. The number of imide groups is 2. The lowest BCUT2D eigenvalue weighted by molar-refractivity contribution is -0.143. The molecule has 1 saturated heterocycles. The second-order valence-corrected chi connectivity index (χ2v) is 6.42. The van der Waals surface area contributed by atoms with Crippen LogP contribution >= 0.6 is 0 Å². The fraction of sp³-hybridized carbons (Fsp3) is 0.444. The minimum atomic E-state index is -0.976. The molecule has 1 aliphatic rings. The molecule has 1 atom stereocenters. The number of aryl methyl sites for hydroxylation is 1. The van der Waals surface area contributed by atoms with E-state index in [0.29, 0.717) is 9.80 Å². The van der Waals surface area contributed by atoms with Crippen molar-refractivity contribution in [3.8, 4) is 0 Å². The van der Waals surface area contributed by atoms with E-state index >= 15 is 0 Å². The van der Waals surface area contributed by atoms with E-state index in [1.807, 2.05) is 38.1 Å². The SMILES string of the molecule is CCc1ccc([C@H](NC(=O)CN2C(=O)C(=O)N(C)C2=O)C(C)C)cc1. The molecule has 7 heteroatoms. The van der Waals surface area contributed by atoms with Crippen LogP contribution in [-0.4, -0.2) is 47.1 Å². The van der Waals surface area contributed by atoms with Gasteiger partial charge in [0.05, 0.1) is 6.04 Å². The van der Waals surface area contributed by atoms with E-state index in [2.05, 4.69) is 12.2 Å². The molecule has 0 aromatic heterocycles. The quantitative estimate of drug-likeness (QED) is 0.625. The van der Waals surface area contributed by atoms with Gasteiger partial charge in [0.1, 0.15) is 6.54 Å². The van der Waals surface area contributed by atoms with Gasteiger partial charge in [-0.15, -0.1) is 0 Å². The minimum absolute atomic E-state index is 0.116. The first kappa shape index (κ1) is 18.6. The Bertz CT molecular complexity index is 697. The molecule has 5 amide bonds. The third-order valence-electron chi connectivity index (χ3n) is 4.28. The zero-order chi connectivity index (χ0) is 18.7. The second-order valence-electron chi connectivity index (χ2n) is 6.42. The standard InChI is InChI=1S/C18H23N3O4/c1-5-12-6-8-13(9-7-12)15(11(2)3)19-14(22)10-21-17(24)16(23)20(4)18(21)25/h6-9,11,15H,5,10H2,1-4H3,(H,19,22)/t15-/m1/s1. The Labute approximate surface area is 147 Å². The molecule has 1 N–H and O–H groups in total. The van der Waals surface area contributed by atoms with Crippen molar-refractivity contribution < 1.29 is 19.2 Å². The third kappa shape index (κ3) is 3.87. The van der Waals surface area contributed by atoms with Crippen LogP contribution < -0.4 is 5.32 Å². The summed E-state index contributed by atoms with van der Waals surface area (Å²) in [6.07, 6.45) is 0.930. The Kier molecular flexibility index (Phi) is 5.56. The van der Waals surface area contributed by atoms with Crippen molar-refractivity contribution in [3.63, 3.8) is 0 Å². The fourth-order valence-electron chi connectivity index (χ4n) is 2.71. The van der Waals surface area contributed by atoms with Gasteiger partial charge < -0.3 is 5.32 Å². The highest BCUT2D eigenvalue weighted by Crippen LogP contribution is 2.22. The zero-order valence-electron chi connectivity index (χ0n) is 14.9. The molecular formula is C18H23N3O4. The highest BCUT2D eigenvalue weighted by atomic mass is 16.2. The molecule has 7 nitrogen and oxygen atoms in total. The normalized spacial score (nSPS) is 16.0. The number of likely N-dealkylation sites (N-methyl/N-ethyl adjacent to an activating group) is 1. The maximum atomic E-state index is 12.3. The van der Waals surface area contributed by atoms with Crippen molar-refractivity contribution in [2.75, 3.05) is 13.6 Å². The van der Waals surface area contributed by atoms with E-state index in [4.69, 9.17) is 0 Å². The first-order valence-corrected chi connectivity index (χ1v) is 8.28. The van der Waals surface area contributed by atoms with Crippen molar-refractivity contribution >= 4 is 23.8 Å². The second kappa shape index (κ2) is 7.46. The summed E-state index contributed by atoms with van der Waals surface area (Å²) >= 11 is 0. The number of benzene rings is 1. The van der Waals surface area contributed by atoms with Crippen molar-refractivity contribution in [2.45, 2.75) is 33.2 Å². The number of urea groups is 1. The van der Waals surface area contributed by atoms with E-state index in [1.54, 1.807) is 0 Å². The van der Waals surface area contributed by atoms with Crippen LogP contribution in [-0.2, 0) is 20.8 Å². The summed E-state index contributed by atoms with van der Waals surface area (Å²) in [6.45, 7) is 5.55. The average Bonchev–Trinajstić information content (AvgIpc) is 2.77. The summed E-state index contributed by atoms with van der Waals surface area (Å²) in [5, 5.41) is 2.85. The molecule has 0 unspecified atom stereocenters. The van der Waals surface area contributed by atoms with Crippen molar-refractivity contribution in [1.29, 1.82) is 0 Å². The molecule has 25 heavy (non-hydrogen) atoms. The smallest absolute Gasteiger partial charge is 0.334 e. The molecule has 0 radical (unpaired) electrons. The summed E-state index contributed by atoms with van der Waals surface area (Å²) in [5.74, 6) is -2.27. The molecule has 134 valence electrons. The Balaban J connectivity index is 2.09. The zero-order valence-corrected chi connectivity index (χ0v) is 14.9. The number of rotatable bonds is 6. The minimum Gasteiger partial charge on any atom is -0.347 e. The van der Waals surface area contributed by atoms with Crippen LogP contribution in [0.2, 0.25) is 0 Å². The monoisotopic (exact) mass is 345 g/mol. The van der Waals surface area contributed by atoms with Crippen LogP contribution in [0.1, 0.15) is 37.9 Å². The molecule has 1 aromatic rings. The molecular weight excluding hydrogens is 322 g/mol. The first-order chi connectivity index (χ1) is 11.8. The van der Waals surface area contributed by atoms with Gasteiger partial charge in [-0.25, -0.2) is 9.69 Å². The Morgan fingerprint density at radius 1 is 1.08 bits per heavy atom. The first-order valence-electron chi connectivity index (χ1n) is 8.28.